The molecule has 0 saturated carbocycles. The highest BCUT2D eigenvalue weighted by Crippen LogP contribution is 2.39. The van der Waals surface area contributed by atoms with E-state index in [1.54, 1.807) is 40.0 Å². The SMILES string of the molecule is Nc1nc(-c2nn(Cc3ccccc3F)c3ncccc23)nc2c1N[C@H]1OCCN2[C@@H]1O. The zero-order valence-corrected chi connectivity index (χ0v) is 16.8. The maximum Gasteiger partial charge on any atom is 0.184 e. The number of fused-ring (bicyclic) bond motifs is 5. The first-order valence-electron chi connectivity index (χ1n) is 10.2. The Morgan fingerprint density at radius 3 is 2.97 bits per heavy atom. The average Bonchev–Trinajstić information content (AvgIpc) is 3.15. The minimum absolute atomic E-state index is 0.200. The van der Waals surface area contributed by atoms with Crippen LogP contribution in [0.5, 0.6) is 0 Å². The van der Waals surface area contributed by atoms with Crippen LogP contribution in [0.25, 0.3) is 22.6 Å². The average molecular weight is 434 g/mol. The zero-order chi connectivity index (χ0) is 21.8. The molecule has 2 atom stereocenters. The van der Waals surface area contributed by atoms with Crippen molar-refractivity contribution in [2.75, 3.05) is 29.1 Å². The molecule has 11 heteroatoms. The third-order valence-electron chi connectivity index (χ3n) is 5.69. The van der Waals surface area contributed by atoms with Crippen molar-refractivity contribution < 1.29 is 14.2 Å². The molecule has 1 saturated heterocycles. The summed E-state index contributed by atoms with van der Waals surface area (Å²) in [6.07, 6.45) is 0.162. The molecule has 0 aliphatic carbocycles. The molecule has 3 aromatic heterocycles. The van der Waals surface area contributed by atoms with E-state index in [1.165, 1.54) is 6.07 Å². The number of ether oxygens (including phenoxy) is 1. The van der Waals surface area contributed by atoms with Crippen molar-refractivity contribution in [2.24, 2.45) is 0 Å². The predicted octanol–water partition coefficient (Wildman–Crippen LogP) is 1.56. The molecule has 5 heterocycles. The number of pyridine rings is 1. The second-order valence-electron chi connectivity index (χ2n) is 7.65. The number of hydrogen-bond donors (Lipinski definition) is 3. The Hall–Kier alpha value is -3.83. The van der Waals surface area contributed by atoms with Crippen LogP contribution >= 0.6 is 0 Å². The normalized spacial score (nSPS) is 19.6. The second-order valence-corrected chi connectivity index (χ2v) is 7.65. The molecule has 0 radical (unpaired) electrons. The molecule has 32 heavy (non-hydrogen) atoms. The maximum absolute atomic E-state index is 14.3. The molecule has 10 nitrogen and oxygen atoms in total. The summed E-state index contributed by atoms with van der Waals surface area (Å²) >= 11 is 0. The van der Waals surface area contributed by atoms with Crippen LogP contribution in [0.1, 0.15) is 5.56 Å². The van der Waals surface area contributed by atoms with Crippen molar-refractivity contribution in [1.82, 2.24) is 24.7 Å². The first-order chi connectivity index (χ1) is 15.6. The minimum atomic E-state index is -0.893. The van der Waals surface area contributed by atoms with Crippen molar-refractivity contribution in [3.05, 3.63) is 54.0 Å². The monoisotopic (exact) mass is 434 g/mol. The standard InChI is InChI=1S/C21H19FN8O2/c22-13-6-2-1-4-11(13)10-30-18-12(5-3-7-24-18)14(28-30)17-26-16(23)15-19(27-17)29-8-9-32-20(25-15)21(29)31/h1-7,20-21,25,31H,8-10H2,(H2,23,26,27)/t20-,21+/m0/s1. The number of anilines is 3. The van der Waals surface area contributed by atoms with E-state index in [9.17, 15) is 9.50 Å². The van der Waals surface area contributed by atoms with Crippen molar-refractivity contribution >= 4 is 28.4 Å². The third-order valence-corrected chi connectivity index (χ3v) is 5.69. The van der Waals surface area contributed by atoms with Crippen molar-refractivity contribution in [1.29, 1.82) is 0 Å². The van der Waals surface area contributed by atoms with Crippen molar-refractivity contribution in [2.45, 2.75) is 19.0 Å². The number of morpholine rings is 1. The van der Waals surface area contributed by atoms with Gasteiger partial charge in [0.1, 0.15) is 17.2 Å². The number of nitrogens with one attached hydrogen (secondary N) is 1. The lowest BCUT2D eigenvalue weighted by atomic mass is 10.2. The van der Waals surface area contributed by atoms with Gasteiger partial charge in [0, 0.05) is 18.3 Å². The molecule has 1 fully saturated rings. The molecule has 4 N–H and O–H groups in total. The number of aromatic nitrogens is 5. The summed E-state index contributed by atoms with van der Waals surface area (Å²) in [5.41, 5.74) is 8.30. The van der Waals surface area contributed by atoms with E-state index in [2.05, 4.69) is 25.4 Å². The highest BCUT2D eigenvalue weighted by atomic mass is 19.1. The first kappa shape index (κ1) is 18.9. The summed E-state index contributed by atoms with van der Waals surface area (Å²) in [5, 5.41) is 19.0. The van der Waals surface area contributed by atoms with Crippen molar-refractivity contribution in [3.8, 4) is 11.5 Å². The molecule has 0 amide bonds. The van der Waals surface area contributed by atoms with Gasteiger partial charge in [-0.1, -0.05) is 18.2 Å². The highest BCUT2D eigenvalue weighted by Gasteiger charge is 2.39. The number of nitrogens with two attached hydrogens (primary N) is 1. The molecule has 4 aromatic rings. The van der Waals surface area contributed by atoms with Gasteiger partial charge in [0.2, 0.25) is 0 Å². The van der Waals surface area contributed by atoms with Crippen molar-refractivity contribution in [3.63, 3.8) is 0 Å². The van der Waals surface area contributed by atoms with E-state index in [1.807, 2.05) is 6.07 Å². The molecule has 1 aromatic carbocycles. The summed E-state index contributed by atoms with van der Waals surface area (Å²) < 4.78 is 21.4. The van der Waals surface area contributed by atoms with Gasteiger partial charge in [0.15, 0.2) is 35.6 Å². The minimum Gasteiger partial charge on any atom is -0.382 e. The molecule has 0 unspecified atom stereocenters. The molecule has 6 rings (SSSR count). The Kier molecular flexibility index (Phi) is 4.20. The molecule has 162 valence electrons. The lowest BCUT2D eigenvalue weighted by molar-refractivity contribution is -0.0516. The Labute approximate surface area is 181 Å². The van der Waals surface area contributed by atoms with Crippen LogP contribution in [0.4, 0.5) is 21.7 Å². The summed E-state index contributed by atoms with van der Waals surface area (Å²) in [6.45, 7) is 1.11. The van der Waals surface area contributed by atoms with E-state index in [4.69, 9.17) is 10.5 Å². The topological polar surface area (TPSA) is 127 Å². The second kappa shape index (κ2) is 7.11. The highest BCUT2D eigenvalue weighted by molar-refractivity contribution is 5.91. The van der Waals surface area contributed by atoms with Crippen LogP contribution in [0.2, 0.25) is 0 Å². The molecule has 0 spiro atoms. The smallest absolute Gasteiger partial charge is 0.184 e. The third kappa shape index (κ3) is 2.86. The maximum atomic E-state index is 14.3. The number of halogens is 1. The molecule has 2 bridgehead atoms. The van der Waals surface area contributed by atoms with Crippen LogP contribution in [-0.2, 0) is 11.3 Å². The summed E-state index contributed by atoms with van der Waals surface area (Å²) in [6, 6.07) is 10.2. The lowest BCUT2D eigenvalue weighted by Gasteiger charge is -2.44. The number of benzene rings is 1. The number of aliphatic hydroxyl groups is 1. The number of aliphatic hydroxyl groups excluding tert-OH is 1. The van der Waals surface area contributed by atoms with Gasteiger partial charge in [-0.2, -0.15) is 5.10 Å². The van der Waals surface area contributed by atoms with Crippen LogP contribution < -0.4 is 16.0 Å². The van der Waals surface area contributed by atoms with Gasteiger partial charge >= 0.3 is 0 Å². The van der Waals surface area contributed by atoms with Crippen LogP contribution in [0, 0.1) is 5.82 Å². The van der Waals surface area contributed by atoms with E-state index in [0.717, 1.165) is 0 Å². The van der Waals surface area contributed by atoms with Gasteiger partial charge in [-0.25, -0.2) is 24.0 Å². The van der Waals surface area contributed by atoms with E-state index < -0.39 is 12.5 Å². The fraction of sp³-hybridized carbons (Fsp3) is 0.238. The van der Waals surface area contributed by atoms with E-state index >= 15 is 0 Å². The van der Waals surface area contributed by atoms with Gasteiger partial charge in [0.05, 0.1) is 18.5 Å². The largest absolute Gasteiger partial charge is 0.382 e. The van der Waals surface area contributed by atoms with Gasteiger partial charge in [-0.15, -0.1) is 0 Å². The van der Waals surface area contributed by atoms with Crippen LogP contribution in [-0.4, -0.2) is 55.4 Å². The summed E-state index contributed by atoms with van der Waals surface area (Å²) in [5.74, 6) is 0.689. The predicted molar refractivity (Wildman–Crippen MR) is 115 cm³/mol. The number of hydrogen-bond acceptors (Lipinski definition) is 9. The quantitative estimate of drug-likeness (QED) is 0.440. The Bertz CT molecular complexity index is 1340. The van der Waals surface area contributed by atoms with E-state index in [0.29, 0.717) is 52.8 Å². The van der Waals surface area contributed by atoms with Gasteiger partial charge in [-0.05, 0) is 18.2 Å². The Morgan fingerprint density at radius 1 is 1.22 bits per heavy atom. The summed E-state index contributed by atoms with van der Waals surface area (Å²) in [7, 11) is 0. The molecule has 2 aliphatic rings. The molecular formula is C21H19FN8O2. The van der Waals surface area contributed by atoms with E-state index in [-0.39, 0.29) is 18.2 Å². The zero-order valence-electron chi connectivity index (χ0n) is 16.8. The molecular weight excluding hydrogens is 415 g/mol. The number of nitrogen functional groups attached to an aromatic ring is 1. The first-order valence-corrected chi connectivity index (χ1v) is 10.2. The van der Waals surface area contributed by atoms with Crippen LogP contribution in [0.15, 0.2) is 42.6 Å². The van der Waals surface area contributed by atoms with Gasteiger partial charge < -0.3 is 25.8 Å². The number of rotatable bonds is 3. The Balaban J connectivity index is 1.49. The fourth-order valence-corrected chi connectivity index (χ4v) is 4.14. The number of nitrogens with zero attached hydrogens (tertiary/aromatic N) is 6. The van der Waals surface area contributed by atoms with Gasteiger partial charge in [-0.3, -0.25) is 0 Å². The Morgan fingerprint density at radius 2 is 2.09 bits per heavy atom. The van der Waals surface area contributed by atoms with Gasteiger partial charge in [0.25, 0.3) is 0 Å². The lowest BCUT2D eigenvalue weighted by Crippen LogP contribution is -2.58. The summed E-state index contributed by atoms with van der Waals surface area (Å²) in [4.78, 5) is 15.3. The van der Waals surface area contributed by atoms with Crippen LogP contribution in [0.3, 0.4) is 0 Å². The fourth-order valence-electron chi connectivity index (χ4n) is 4.14. The molecule has 2 aliphatic heterocycles.